The first-order valence-electron chi connectivity index (χ1n) is 6.72. The number of hydrogen-bond acceptors (Lipinski definition) is 4. The zero-order chi connectivity index (χ0) is 18.6. The summed E-state index contributed by atoms with van der Waals surface area (Å²) in [5.74, 6) is -2.95. The fourth-order valence-corrected chi connectivity index (χ4v) is 2.36. The van der Waals surface area contributed by atoms with Gasteiger partial charge in [0.2, 0.25) is 10.0 Å². The van der Waals surface area contributed by atoms with E-state index in [0.29, 0.717) is 0 Å². The van der Waals surface area contributed by atoms with Crippen molar-refractivity contribution in [3.8, 4) is 6.07 Å². The van der Waals surface area contributed by atoms with Crippen LogP contribution in [0, 0.1) is 23.0 Å². The monoisotopic (exact) mass is 363 g/mol. The number of carbonyl (C=O) groups is 1. The molecule has 0 unspecified atom stereocenters. The van der Waals surface area contributed by atoms with Crippen molar-refractivity contribution in [2.45, 2.75) is 4.90 Å². The van der Waals surface area contributed by atoms with E-state index in [1.54, 1.807) is 6.07 Å². The minimum Gasteiger partial charge on any atom is -0.321 e. The lowest BCUT2D eigenvalue weighted by molar-refractivity contribution is -0.112. The molecule has 1 amide bonds. The van der Waals surface area contributed by atoms with Gasteiger partial charge >= 0.3 is 0 Å². The number of nitriles is 1. The maximum absolute atomic E-state index is 13.2. The molecule has 2 aromatic carbocycles. The first-order valence-corrected chi connectivity index (χ1v) is 8.26. The lowest BCUT2D eigenvalue weighted by Gasteiger charge is -2.05. The van der Waals surface area contributed by atoms with Gasteiger partial charge in [-0.15, -0.1) is 0 Å². The summed E-state index contributed by atoms with van der Waals surface area (Å²) in [6.07, 6.45) is 1.09. The van der Waals surface area contributed by atoms with Crippen molar-refractivity contribution in [3.63, 3.8) is 0 Å². The predicted molar refractivity (Wildman–Crippen MR) is 86.4 cm³/mol. The van der Waals surface area contributed by atoms with Crippen molar-refractivity contribution in [2.24, 2.45) is 5.14 Å². The van der Waals surface area contributed by atoms with Gasteiger partial charge in [-0.05, 0) is 48.0 Å². The van der Waals surface area contributed by atoms with Gasteiger partial charge in [-0.3, -0.25) is 4.79 Å². The Bertz CT molecular complexity index is 994. The van der Waals surface area contributed by atoms with Crippen molar-refractivity contribution in [1.82, 2.24) is 0 Å². The Morgan fingerprint density at radius 3 is 2.28 bits per heavy atom. The van der Waals surface area contributed by atoms with E-state index >= 15 is 0 Å². The maximum atomic E-state index is 13.2. The van der Waals surface area contributed by atoms with Gasteiger partial charge in [0.15, 0.2) is 11.6 Å². The zero-order valence-corrected chi connectivity index (χ0v) is 13.3. The van der Waals surface area contributed by atoms with Gasteiger partial charge in [-0.25, -0.2) is 22.3 Å². The molecule has 9 heteroatoms. The molecule has 128 valence electrons. The summed E-state index contributed by atoms with van der Waals surface area (Å²) >= 11 is 0. The highest BCUT2D eigenvalue weighted by atomic mass is 32.2. The molecule has 0 aliphatic heterocycles. The van der Waals surface area contributed by atoms with Crippen LogP contribution in [0.2, 0.25) is 0 Å². The van der Waals surface area contributed by atoms with Gasteiger partial charge in [-0.2, -0.15) is 5.26 Å². The molecule has 3 N–H and O–H groups in total. The summed E-state index contributed by atoms with van der Waals surface area (Å²) in [4.78, 5) is 11.9. The third-order valence-corrected chi connectivity index (χ3v) is 3.99. The number of hydrogen-bond donors (Lipinski definition) is 2. The molecule has 0 heterocycles. The van der Waals surface area contributed by atoms with E-state index < -0.39 is 27.6 Å². The van der Waals surface area contributed by atoms with E-state index in [2.05, 4.69) is 5.32 Å². The smallest absolute Gasteiger partial charge is 0.266 e. The number of nitrogens with zero attached hydrogens (tertiary/aromatic N) is 1. The highest BCUT2D eigenvalue weighted by molar-refractivity contribution is 7.89. The number of nitrogens with one attached hydrogen (secondary N) is 1. The molecule has 0 aliphatic carbocycles. The summed E-state index contributed by atoms with van der Waals surface area (Å²) in [7, 11) is -3.86. The minimum atomic E-state index is -3.86. The number of rotatable bonds is 4. The van der Waals surface area contributed by atoms with Crippen LogP contribution in [0.25, 0.3) is 6.08 Å². The Kier molecular flexibility index (Phi) is 5.26. The Morgan fingerprint density at radius 2 is 1.76 bits per heavy atom. The molecule has 0 radical (unpaired) electrons. The number of carbonyl (C=O) groups excluding carboxylic acids is 1. The molecular formula is C16H11F2N3O3S. The minimum absolute atomic E-state index is 0.134. The average Bonchev–Trinajstić information content (AvgIpc) is 2.55. The second-order valence-corrected chi connectivity index (χ2v) is 6.43. The molecule has 0 fully saturated rings. The lowest BCUT2D eigenvalue weighted by Crippen LogP contribution is -2.14. The van der Waals surface area contributed by atoms with E-state index in [1.807, 2.05) is 0 Å². The second kappa shape index (κ2) is 7.21. The summed E-state index contributed by atoms with van der Waals surface area (Å²) in [5.41, 5.74) is 0.0144. The highest BCUT2D eigenvalue weighted by Crippen LogP contribution is 2.16. The molecular weight excluding hydrogens is 352 g/mol. The normalized spacial score (nSPS) is 11.7. The number of halogens is 2. The van der Waals surface area contributed by atoms with Crippen LogP contribution in [-0.4, -0.2) is 14.3 Å². The Balaban J connectivity index is 2.21. The van der Waals surface area contributed by atoms with Gasteiger partial charge < -0.3 is 5.32 Å². The van der Waals surface area contributed by atoms with Gasteiger partial charge in [0.05, 0.1) is 4.90 Å². The largest absolute Gasteiger partial charge is 0.321 e. The van der Waals surface area contributed by atoms with Gasteiger partial charge in [0.25, 0.3) is 5.91 Å². The zero-order valence-electron chi connectivity index (χ0n) is 12.5. The molecule has 0 bridgehead atoms. The number of primary sulfonamides is 1. The average molecular weight is 363 g/mol. The van der Waals surface area contributed by atoms with Crippen LogP contribution >= 0.6 is 0 Å². The molecule has 0 aromatic heterocycles. The molecule has 0 saturated carbocycles. The number of anilines is 1. The maximum Gasteiger partial charge on any atom is 0.266 e. The SMILES string of the molecule is N#C/C(=C\c1ccc(F)c(F)c1)C(=O)Nc1ccc(S(N)(=O)=O)cc1. The predicted octanol–water partition coefficient (Wildman–Crippen LogP) is 2.16. The Morgan fingerprint density at radius 1 is 1.12 bits per heavy atom. The van der Waals surface area contributed by atoms with Crippen LogP contribution in [0.5, 0.6) is 0 Å². The topological polar surface area (TPSA) is 113 Å². The fourth-order valence-electron chi connectivity index (χ4n) is 1.84. The van der Waals surface area contributed by atoms with E-state index in [-0.39, 0.29) is 21.7 Å². The van der Waals surface area contributed by atoms with Crippen LogP contribution in [-0.2, 0) is 14.8 Å². The van der Waals surface area contributed by atoms with Crippen molar-refractivity contribution < 1.29 is 22.0 Å². The Labute approximate surface area is 142 Å². The standard InChI is InChI=1S/C16H11F2N3O3S/c17-14-6-1-10(8-15(14)18)7-11(9-19)16(22)21-12-2-4-13(5-3-12)25(20,23)24/h1-8H,(H,21,22)(H2,20,23,24)/b11-7+. The number of amides is 1. The molecule has 0 atom stereocenters. The van der Waals surface area contributed by atoms with Gasteiger partial charge in [0, 0.05) is 5.69 Å². The molecule has 0 saturated heterocycles. The third kappa shape index (κ3) is 4.69. The summed E-state index contributed by atoms with van der Waals surface area (Å²) in [6, 6.07) is 9.57. The van der Waals surface area contributed by atoms with Crippen LogP contribution in [0.3, 0.4) is 0 Å². The van der Waals surface area contributed by atoms with Crippen LogP contribution < -0.4 is 10.5 Å². The number of benzene rings is 2. The quantitative estimate of drug-likeness (QED) is 0.640. The van der Waals surface area contributed by atoms with E-state index in [9.17, 15) is 22.0 Å². The fraction of sp³-hybridized carbons (Fsp3) is 0. The molecule has 6 nitrogen and oxygen atoms in total. The van der Waals surface area contributed by atoms with Crippen molar-refractivity contribution in [3.05, 3.63) is 65.2 Å². The molecule has 25 heavy (non-hydrogen) atoms. The van der Waals surface area contributed by atoms with Crippen molar-refractivity contribution >= 4 is 27.7 Å². The van der Waals surface area contributed by atoms with Crippen LogP contribution in [0.1, 0.15) is 5.56 Å². The van der Waals surface area contributed by atoms with Crippen LogP contribution in [0.4, 0.5) is 14.5 Å². The third-order valence-electron chi connectivity index (χ3n) is 3.06. The lowest BCUT2D eigenvalue weighted by atomic mass is 10.1. The van der Waals surface area contributed by atoms with E-state index in [4.69, 9.17) is 10.4 Å². The first-order chi connectivity index (χ1) is 11.7. The first kappa shape index (κ1) is 18.3. The van der Waals surface area contributed by atoms with Crippen molar-refractivity contribution in [1.29, 1.82) is 5.26 Å². The Hall–Kier alpha value is -3.09. The van der Waals surface area contributed by atoms with Crippen LogP contribution in [0.15, 0.2) is 52.9 Å². The second-order valence-electron chi connectivity index (χ2n) is 4.87. The number of sulfonamides is 1. The van der Waals surface area contributed by atoms with Gasteiger partial charge in [-0.1, -0.05) is 6.07 Å². The highest BCUT2D eigenvalue weighted by Gasteiger charge is 2.12. The molecule has 0 aliphatic rings. The molecule has 0 spiro atoms. The van der Waals surface area contributed by atoms with E-state index in [0.717, 1.165) is 18.2 Å². The molecule has 2 rings (SSSR count). The summed E-state index contributed by atoms with van der Waals surface area (Å²) in [6.45, 7) is 0. The summed E-state index contributed by atoms with van der Waals surface area (Å²) < 4.78 is 48.4. The van der Waals surface area contributed by atoms with E-state index in [1.165, 1.54) is 30.3 Å². The van der Waals surface area contributed by atoms with Gasteiger partial charge in [0.1, 0.15) is 11.6 Å². The summed E-state index contributed by atoms with van der Waals surface area (Å²) in [5, 5.41) is 16.4. The van der Waals surface area contributed by atoms with Crippen molar-refractivity contribution in [2.75, 3.05) is 5.32 Å². The number of nitrogens with two attached hydrogens (primary N) is 1. The molecule has 2 aromatic rings.